The molecule has 1 unspecified atom stereocenters. The first-order valence-electron chi connectivity index (χ1n) is 9.78. The maximum atomic E-state index is 9.31. The minimum atomic E-state index is -1.20. The number of hydrogen-bond donors (Lipinski definition) is 4. The number of nitrogens with zero attached hydrogens (tertiary/aromatic N) is 3. The molecule has 0 bridgehead atoms. The summed E-state index contributed by atoms with van der Waals surface area (Å²) in [6.07, 6.45) is -1.20. The van der Waals surface area contributed by atoms with E-state index in [1.807, 2.05) is 24.3 Å². The number of nitrogens with one attached hydrogen (secondary N) is 1. The average molecular weight is 451 g/mol. The van der Waals surface area contributed by atoms with Crippen molar-refractivity contribution in [2.45, 2.75) is 19.6 Å². The van der Waals surface area contributed by atoms with Crippen molar-refractivity contribution in [2.75, 3.05) is 11.1 Å². The molecule has 0 fully saturated rings. The standard InChI is InChI=1S/C22H19ClN6O3/c23-16-7-12-10-31-9-11-3-1-6-15(17(11)12)18(16)19-27-20(24)29-22(28-19)32-14-5-2-4-13(8-14)26-21(25)30/h1-8,21,26,30H,9-10,25H2,(H2,24,27,28,29). The zero-order valence-electron chi connectivity index (χ0n) is 16.7. The third-order valence-corrected chi connectivity index (χ3v) is 5.31. The molecule has 1 aliphatic rings. The first-order valence-corrected chi connectivity index (χ1v) is 10.2. The van der Waals surface area contributed by atoms with Crippen LogP contribution in [0.4, 0.5) is 11.6 Å². The van der Waals surface area contributed by atoms with Crippen LogP contribution in [0.15, 0.2) is 48.5 Å². The minimum Gasteiger partial charge on any atom is -0.424 e. The number of rotatable bonds is 5. The van der Waals surface area contributed by atoms with Gasteiger partial charge in [0, 0.05) is 17.3 Å². The summed E-state index contributed by atoms with van der Waals surface area (Å²) >= 11 is 6.65. The molecule has 0 saturated carbocycles. The van der Waals surface area contributed by atoms with Crippen LogP contribution in [0.1, 0.15) is 11.1 Å². The van der Waals surface area contributed by atoms with Gasteiger partial charge in [-0.05, 0) is 40.1 Å². The van der Waals surface area contributed by atoms with Crippen LogP contribution in [0.3, 0.4) is 0 Å². The van der Waals surface area contributed by atoms with Crippen molar-refractivity contribution < 1.29 is 14.6 Å². The van der Waals surface area contributed by atoms with Crippen LogP contribution in [0, 0.1) is 0 Å². The van der Waals surface area contributed by atoms with E-state index in [9.17, 15) is 5.11 Å². The first-order chi connectivity index (χ1) is 15.5. The third-order valence-electron chi connectivity index (χ3n) is 5.01. The number of anilines is 2. The Labute approximate surface area is 188 Å². The van der Waals surface area contributed by atoms with Gasteiger partial charge in [0.1, 0.15) is 5.75 Å². The fraction of sp³-hybridized carbons (Fsp3) is 0.136. The van der Waals surface area contributed by atoms with Gasteiger partial charge in [-0.1, -0.05) is 35.9 Å². The van der Waals surface area contributed by atoms with Gasteiger partial charge in [0.2, 0.25) is 5.95 Å². The maximum Gasteiger partial charge on any atom is 0.327 e. The Balaban J connectivity index is 1.58. The summed E-state index contributed by atoms with van der Waals surface area (Å²) in [5, 5.41) is 14.5. The highest BCUT2D eigenvalue weighted by Gasteiger charge is 2.21. The molecule has 1 aromatic heterocycles. The Morgan fingerprint density at radius 3 is 2.72 bits per heavy atom. The largest absolute Gasteiger partial charge is 0.424 e. The lowest BCUT2D eigenvalue weighted by Crippen LogP contribution is -2.28. The fourth-order valence-electron chi connectivity index (χ4n) is 3.80. The van der Waals surface area contributed by atoms with Gasteiger partial charge < -0.3 is 25.6 Å². The smallest absolute Gasteiger partial charge is 0.327 e. The number of benzene rings is 3. The molecule has 1 aliphatic heterocycles. The van der Waals surface area contributed by atoms with E-state index in [1.165, 1.54) is 0 Å². The molecule has 4 aromatic rings. The fourth-order valence-corrected chi connectivity index (χ4v) is 4.12. The van der Waals surface area contributed by atoms with Gasteiger partial charge in [-0.25, -0.2) is 0 Å². The van der Waals surface area contributed by atoms with Crippen LogP contribution < -0.4 is 21.5 Å². The summed E-state index contributed by atoms with van der Waals surface area (Å²) in [6, 6.07) is 14.6. The van der Waals surface area contributed by atoms with Gasteiger partial charge in [0.15, 0.2) is 12.2 Å². The topological polar surface area (TPSA) is 141 Å². The molecule has 6 N–H and O–H groups in total. The maximum absolute atomic E-state index is 9.31. The molecular weight excluding hydrogens is 432 g/mol. The average Bonchev–Trinajstić information content (AvgIpc) is 2.73. The van der Waals surface area contributed by atoms with E-state index in [1.54, 1.807) is 24.3 Å². The summed E-state index contributed by atoms with van der Waals surface area (Å²) in [4.78, 5) is 12.9. The third kappa shape index (κ3) is 3.90. The Bertz CT molecular complexity index is 1330. The SMILES string of the molecule is Nc1nc(Oc2cccc(NC(N)O)c2)nc(-c2c(Cl)cc3c4c(cccc24)COC3)n1. The number of hydrogen-bond acceptors (Lipinski definition) is 9. The van der Waals surface area contributed by atoms with E-state index >= 15 is 0 Å². The zero-order valence-corrected chi connectivity index (χ0v) is 17.5. The summed E-state index contributed by atoms with van der Waals surface area (Å²) in [7, 11) is 0. The van der Waals surface area contributed by atoms with Gasteiger partial charge in [0.05, 0.1) is 18.2 Å². The molecule has 0 radical (unpaired) electrons. The number of ether oxygens (including phenoxy) is 2. The van der Waals surface area contributed by atoms with Crippen molar-refractivity contribution in [3.05, 3.63) is 64.7 Å². The summed E-state index contributed by atoms with van der Waals surface area (Å²) in [5.74, 6) is 0.725. The Morgan fingerprint density at radius 2 is 1.88 bits per heavy atom. The van der Waals surface area contributed by atoms with Gasteiger partial charge in [-0.2, -0.15) is 15.0 Å². The highest BCUT2D eigenvalue weighted by Crippen LogP contribution is 2.40. The van der Waals surface area contributed by atoms with Crippen molar-refractivity contribution >= 4 is 34.0 Å². The molecule has 162 valence electrons. The van der Waals surface area contributed by atoms with E-state index in [2.05, 4.69) is 20.3 Å². The second-order valence-corrected chi connectivity index (χ2v) is 7.65. The number of aliphatic hydroxyl groups is 1. The lowest BCUT2D eigenvalue weighted by atomic mass is 9.94. The van der Waals surface area contributed by atoms with E-state index in [-0.39, 0.29) is 12.0 Å². The van der Waals surface area contributed by atoms with Crippen LogP contribution in [-0.2, 0) is 18.0 Å². The molecular formula is C22H19ClN6O3. The molecule has 3 aromatic carbocycles. The van der Waals surface area contributed by atoms with Crippen LogP contribution in [0.2, 0.25) is 5.02 Å². The normalized spacial score (nSPS) is 13.7. The van der Waals surface area contributed by atoms with Crippen molar-refractivity contribution in [3.8, 4) is 23.1 Å². The molecule has 10 heteroatoms. The second kappa shape index (κ2) is 8.21. The molecule has 0 aliphatic carbocycles. The number of aliphatic hydroxyl groups excluding tert-OH is 1. The molecule has 0 spiro atoms. The van der Waals surface area contributed by atoms with Crippen molar-refractivity contribution in [3.63, 3.8) is 0 Å². The van der Waals surface area contributed by atoms with Gasteiger partial charge in [0.25, 0.3) is 0 Å². The summed E-state index contributed by atoms with van der Waals surface area (Å²) < 4.78 is 11.5. The monoisotopic (exact) mass is 450 g/mol. The van der Waals surface area contributed by atoms with Gasteiger partial charge >= 0.3 is 6.01 Å². The van der Waals surface area contributed by atoms with Crippen LogP contribution in [0.25, 0.3) is 22.2 Å². The van der Waals surface area contributed by atoms with Crippen LogP contribution >= 0.6 is 11.6 Å². The minimum absolute atomic E-state index is 0.00321. The lowest BCUT2D eigenvalue weighted by Gasteiger charge is -2.20. The predicted molar refractivity (Wildman–Crippen MR) is 121 cm³/mol. The number of halogens is 1. The molecule has 9 nitrogen and oxygen atoms in total. The van der Waals surface area contributed by atoms with Crippen molar-refractivity contribution in [1.82, 2.24) is 15.0 Å². The van der Waals surface area contributed by atoms with Crippen molar-refractivity contribution in [2.24, 2.45) is 5.73 Å². The van der Waals surface area contributed by atoms with E-state index < -0.39 is 6.35 Å². The molecule has 0 saturated heterocycles. The zero-order chi connectivity index (χ0) is 22.2. The molecule has 1 atom stereocenters. The quantitative estimate of drug-likeness (QED) is 0.336. The van der Waals surface area contributed by atoms with Crippen molar-refractivity contribution in [1.29, 1.82) is 0 Å². The first kappa shape index (κ1) is 20.4. The Hall–Kier alpha value is -3.50. The predicted octanol–water partition coefficient (Wildman–Crippen LogP) is 3.40. The van der Waals surface area contributed by atoms with E-state index in [4.69, 9.17) is 32.5 Å². The number of aromatic nitrogens is 3. The van der Waals surface area contributed by atoms with Gasteiger partial charge in [-0.3, -0.25) is 5.73 Å². The molecule has 32 heavy (non-hydrogen) atoms. The van der Waals surface area contributed by atoms with E-state index in [0.717, 1.165) is 21.9 Å². The lowest BCUT2D eigenvalue weighted by molar-refractivity contribution is 0.103. The molecule has 5 rings (SSSR count). The highest BCUT2D eigenvalue weighted by atomic mass is 35.5. The summed E-state index contributed by atoms with van der Waals surface area (Å²) in [6.45, 7) is 1.02. The van der Waals surface area contributed by atoms with Gasteiger partial charge in [-0.15, -0.1) is 0 Å². The summed E-state index contributed by atoms with van der Waals surface area (Å²) in [5.41, 5.74) is 14.6. The number of nitrogen functional groups attached to an aromatic ring is 1. The second-order valence-electron chi connectivity index (χ2n) is 7.24. The molecule has 0 amide bonds. The number of nitrogens with two attached hydrogens (primary N) is 2. The van der Waals surface area contributed by atoms with E-state index in [0.29, 0.717) is 41.1 Å². The van der Waals surface area contributed by atoms with Crippen LogP contribution in [0.5, 0.6) is 11.8 Å². The Kier molecular flexibility index (Phi) is 5.24. The highest BCUT2D eigenvalue weighted by molar-refractivity contribution is 6.35. The Morgan fingerprint density at radius 1 is 1.06 bits per heavy atom. The molecule has 2 heterocycles. The van der Waals surface area contributed by atoms with Crippen LogP contribution in [-0.4, -0.2) is 26.4 Å².